The van der Waals surface area contributed by atoms with Gasteiger partial charge in [-0.3, -0.25) is 4.79 Å². The Kier molecular flexibility index (Phi) is 6.60. The van der Waals surface area contributed by atoms with E-state index in [-0.39, 0.29) is 24.3 Å². The van der Waals surface area contributed by atoms with Crippen LogP contribution in [0.15, 0.2) is 22.5 Å². The first kappa shape index (κ1) is 17.4. The number of aromatic nitrogens is 1. The minimum Gasteiger partial charge on any atom is -0.370 e. The van der Waals surface area contributed by atoms with Crippen LogP contribution < -0.4 is 16.8 Å². The lowest BCUT2D eigenvalue weighted by Gasteiger charge is -1.95. The van der Waals surface area contributed by atoms with Crippen molar-refractivity contribution in [3.8, 4) is 0 Å². The summed E-state index contributed by atoms with van der Waals surface area (Å²) >= 11 is 2.99. The molecule has 2 aromatic rings. The van der Waals surface area contributed by atoms with Gasteiger partial charge in [0, 0.05) is 17.2 Å². The lowest BCUT2D eigenvalue weighted by molar-refractivity contribution is -0.114. The number of nitrogens with one attached hydrogen (secondary N) is 1. The van der Waals surface area contributed by atoms with E-state index in [0.717, 1.165) is 23.5 Å². The molecule has 0 saturated heterocycles. The minimum absolute atomic E-state index is 0. The topological polar surface area (TPSA) is 106 Å². The van der Waals surface area contributed by atoms with Gasteiger partial charge in [0.2, 0.25) is 5.91 Å². The summed E-state index contributed by atoms with van der Waals surface area (Å²) in [5.41, 5.74) is 11.6. The van der Waals surface area contributed by atoms with Gasteiger partial charge in [0.15, 0.2) is 11.1 Å². The van der Waals surface area contributed by atoms with Crippen LogP contribution in [0.25, 0.3) is 0 Å². The molecule has 0 aliphatic rings. The first-order chi connectivity index (χ1) is 9.52. The molecule has 5 N–H and O–H groups in total. The fraction of sp³-hybridized carbons (Fsp3) is 0.250. The van der Waals surface area contributed by atoms with Crippen LogP contribution in [0.5, 0.6) is 0 Å². The molecule has 21 heavy (non-hydrogen) atoms. The van der Waals surface area contributed by atoms with E-state index in [4.69, 9.17) is 11.5 Å². The third kappa shape index (κ3) is 5.70. The van der Waals surface area contributed by atoms with Crippen LogP contribution in [0.1, 0.15) is 17.5 Å². The predicted octanol–water partition coefficient (Wildman–Crippen LogP) is 2.27. The van der Waals surface area contributed by atoms with Crippen LogP contribution in [0.4, 0.5) is 10.1 Å². The Morgan fingerprint density at radius 3 is 2.81 bits per heavy atom. The number of aryl methyl sites for hydroxylation is 2. The molecule has 9 heteroatoms. The number of carbonyl (C=O) groups is 1. The summed E-state index contributed by atoms with van der Waals surface area (Å²) in [5, 5.41) is 6.07. The monoisotopic (exact) mass is 345 g/mol. The number of hydrogen-bond acceptors (Lipinski definition) is 5. The number of amides is 1. The molecule has 0 atom stereocenters. The number of guanidine groups is 1. The van der Waals surface area contributed by atoms with Crippen molar-refractivity contribution in [2.75, 3.05) is 5.32 Å². The van der Waals surface area contributed by atoms with Crippen molar-refractivity contribution in [2.45, 2.75) is 19.8 Å². The zero-order chi connectivity index (χ0) is 14.5. The second kappa shape index (κ2) is 7.96. The van der Waals surface area contributed by atoms with Gasteiger partial charge in [-0.1, -0.05) is 0 Å². The van der Waals surface area contributed by atoms with Crippen molar-refractivity contribution in [3.05, 3.63) is 28.1 Å². The van der Waals surface area contributed by atoms with Crippen molar-refractivity contribution in [2.24, 2.45) is 16.5 Å². The van der Waals surface area contributed by atoms with Gasteiger partial charge in [0.1, 0.15) is 5.00 Å². The SMILES string of the molecule is CC(=O)Nc1nc(CCc2ccc(N=C(N)N)s2)cs1.Cl. The summed E-state index contributed by atoms with van der Waals surface area (Å²) in [5.74, 6) is -0.0381. The zero-order valence-electron chi connectivity index (χ0n) is 11.3. The molecule has 0 aliphatic carbocycles. The van der Waals surface area contributed by atoms with Gasteiger partial charge < -0.3 is 16.8 Å². The summed E-state index contributed by atoms with van der Waals surface area (Å²) in [6, 6.07) is 3.90. The van der Waals surface area contributed by atoms with Crippen LogP contribution in [0, 0.1) is 0 Å². The molecule has 1 amide bonds. The molecule has 0 bridgehead atoms. The normalized spacial score (nSPS) is 9.76. The number of halogens is 1. The second-order valence-electron chi connectivity index (χ2n) is 4.10. The van der Waals surface area contributed by atoms with E-state index in [0.29, 0.717) is 5.13 Å². The number of thiazole rings is 1. The summed E-state index contributed by atoms with van der Waals surface area (Å²) in [6.07, 6.45) is 1.69. The number of nitrogens with two attached hydrogens (primary N) is 2. The Labute approximate surface area is 136 Å². The van der Waals surface area contributed by atoms with Crippen molar-refractivity contribution in [1.82, 2.24) is 4.98 Å². The average Bonchev–Trinajstić information content (AvgIpc) is 2.94. The van der Waals surface area contributed by atoms with Crippen LogP contribution in [0.2, 0.25) is 0 Å². The highest BCUT2D eigenvalue weighted by Crippen LogP contribution is 2.26. The Bertz CT molecular complexity index is 633. The first-order valence-electron chi connectivity index (χ1n) is 5.93. The number of hydrogen-bond donors (Lipinski definition) is 3. The smallest absolute Gasteiger partial charge is 0.223 e. The summed E-state index contributed by atoms with van der Waals surface area (Å²) < 4.78 is 0. The third-order valence-electron chi connectivity index (χ3n) is 2.35. The van der Waals surface area contributed by atoms with E-state index in [1.54, 1.807) is 11.3 Å². The molecule has 0 aromatic carbocycles. The molecular weight excluding hydrogens is 330 g/mol. The molecule has 2 aromatic heterocycles. The van der Waals surface area contributed by atoms with Crippen LogP contribution in [0.3, 0.4) is 0 Å². The Hall–Kier alpha value is -1.64. The van der Waals surface area contributed by atoms with E-state index in [1.807, 2.05) is 17.5 Å². The van der Waals surface area contributed by atoms with Crippen LogP contribution in [-0.4, -0.2) is 16.9 Å². The highest BCUT2D eigenvalue weighted by atomic mass is 35.5. The van der Waals surface area contributed by atoms with Crippen molar-refractivity contribution < 1.29 is 4.79 Å². The van der Waals surface area contributed by atoms with Gasteiger partial charge in [-0.2, -0.15) is 0 Å². The molecule has 6 nitrogen and oxygen atoms in total. The lowest BCUT2D eigenvalue weighted by Crippen LogP contribution is -2.21. The highest BCUT2D eigenvalue weighted by Gasteiger charge is 2.05. The third-order valence-corrected chi connectivity index (χ3v) is 4.19. The molecule has 0 unspecified atom stereocenters. The van der Waals surface area contributed by atoms with Gasteiger partial charge in [-0.25, -0.2) is 9.98 Å². The fourth-order valence-corrected chi connectivity index (χ4v) is 3.26. The molecular formula is C12H16ClN5OS2. The molecule has 0 radical (unpaired) electrons. The number of thiophene rings is 1. The van der Waals surface area contributed by atoms with Crippen LogP contribution in [-0.2, 0) is 17.6 Å². The lowest BCUT2D eigenvalue weighted by atomic mass is 10.2. The molecule has 114 valence electrons. The highest BCUT2D eigenvalue weighted by molar-refractivity contribution is 7.15. The molecule has 2 heterocycles. The summed E-state index contributed by atoms with van der Waals surface area (Å²) in [6.45, 7) is 1.47. The summed E-state index contributed by atoms with van der Waals surface area (Å²) in [7, 11) is 0. The average molecular weight is 346 g/mol. The van der Waals surface area contributed by atoms with Crippen molar-refractivity contribution in [1.29, 1.82) is 0 Å². The van der Waals surface area contributed by atoms with E-state index < -0.39 is 0 Å². The van der Waals surface area contributed by atoms with E-state index in [2.05, 4.69) is 15.3 Å². The van der Waals surface area contributed by atoms with Crippen LogP contribution >= 0.6 is 35.1 Å². The van der Waals surface area contributed by atoms with Gasteiger partial charge in [-0.05, 0) is 25.0 Å². The molecule has 0 saturated carbocycles. The zero-order valence-corrected chi connectivity index (χ0v) is 13.8. The van der Waals surface area contributed by atoms with E-state index in [9.17, 15) is 4.79 Å². The Morgan fingerprint density at radius 1 is 1.38 bits per heavy atom. The quantitative estimate of drug-likeness (QED) is 0.570. The van der Waals surface area contributed by atoms with Gasteiger partial charge in [-0.15, -0.1) is 35.1 Å². The first-order valence-corrected chi connectivity index (χ1v) is 7.63. The largest absolute Gasteiger partial charge is 0.370 e. The number of anilines is 1. The number of rotatable bonds is 5. The van der Waals surface area contributed by atoms with Crippen molar-refractivity contribution >= 4 is 57.1 Å². The van der Waals surface area contributed by atoms with Gasteiger partial charge in [0.25, 0.3) is 0 Å². The number of nitrogens with zero attached hydrogens (tertiary/aromatic N) is 2. The van der Waals surface area contributed by atoms with E-state index >= 15 is 0 Å². The minimum atomic E-state index is -0.106. The number of aliphatic imine (C=N–C) groups is 1. The predicted molar refractivity (Wildman–Crippen MR) is 90.9 cm³/mol. The second-order valence-corrected chi connectivity index (χ2v) is 6.11. The maximum absolute atomic E-state index is 10.9. The molecule has 2 rings (SSSR count). The maximum atomic E-state index is 10.9. The summed E-state index contributed by atoms with van der Waals surface area (Å²) in [4.78, 5) is 20.5. The van der Waals surface area contributed by atoms with Gasteiger partial charge >= 0.3 is 0 Å². The Morgan fingerprint density at radius 2 is 2.14 bits per heavy atom. The van der Waals surface area contributed by atoms with Gasteiger partial charge in [0.05, 0.1) is 5.69 Å². The maximum Gasteiger partial charge on any atom is 0.223 e. The van der Waals surface area contributed by atoms with Crippen molar-refractivity contribution in [3.63, 3.8) is 0 Å². The Balaban J connectivity index is 0.00000220. The number of carbonyl (C=O) groups excluding carboxylic acids is 1. The molecule has 0 spiro atoms. The standard InChI is InChI=1S/C12H15N5OS2.ClH/c1-7(18)15-12-16-8(6-19-12)2-3-9-4-5-10(20-9)17-11(13)14;/h4-6H,2-3H2,1H3,(H4,13,14,17)(H,15,16,18);1H. The van der Waals surface area contributed by atoms with E-state index in [1.165, 1.54) is 23.1 Å². The molecule has 0 fully saturated rings. The molecule has 0 aliphatic heterocycles. The fourth-order valence-electron chi connectivity index (χ4n) is 1.57.